The predicted molar refractivity (Wildman–Crippen MR) is 81.3 cm³/mol. The van der Waals surface area contributed by atoms with Crippen LogP contribution in [0.3, 0.4) is 0 Å². The third kappa shape index (κ3) is 4.28. The van der Waals surface area contributed by atoms with Crippen molar-refractivity contribution in [1.29, 1.82) is 0 Å². The van der Waals surface area contributed by atoms with Crippen molar-refractivity contribution in [3.8, 4) is 0 Å². The molecule has 0 radical (unpaired) electrons. The van der Waals surface area contributed by atoms with E-state index >= 15 is 0 Å². The first-order chi connectivity index (χ1) is 9.56. The van der Waals surface area contributed by atoms with E-state index in [1.165, 1.54) is 0 Å². The van der Waals surface area contributed by atoms with Crippen LogP contribution in [0.5, 0.6) is 0 Å². The number of alkyl halides is 1. The second kappa shape index (κ2) is 7.18. The maximum absolute atomic E-state index is 10.1. The topological polar surface area (TPSA) is 64.5 Å². The van der Waals surface area contributed by atoms with E-state index in [-0.39, 0.29) is 5.50 Å². The minimum Gasteiger partial charge on any atom is -0.389 e. The number of hydrogen-bond acceptors (Lipinski definition) is 4. The molecule has 20 heavy (non-hydrogen) atoms. The van der Waals surface area contributed by atoms with Gasteiger partial charge in [0.15, 0.2) is 0 Å². The normalized spacial score (nSPS) is 24.8. The van der Waals surface area contributed by atoms with Crippen LogP contribution >= 0.6 is 23.2 Å². The summed E-state index contributed by atoms with van der Waals surface area (Å²) >= 11 is 11.6. The van der Waals surface area contributed by atoms with Gasteiger partial charge in [0.2, 0.25) is 0 Å². The largest absolute Gasteiger partial charge is 0.389 e. The molecular weight excluding hydrogens is 299 g/mol. The van der Waals surface area contributed by atoms with Crippen LogP contribution in [0.1, 0.15) is 12.8 Å². The highest BCUT2D eigenvalue weighted by Gasteiger charge is 2.17. The Bertz CT molecular complexity index is 472. The Hall–Kier alpha value is -0.940. The summed E-state index contributed by atoms with van der Waals surface area (Å²) in [5.41, 5.74) is 1.41. The standard InChI is InChI=1S/C14H18Cl2N2O2/c15-13-5-1-9(7-17-13)11(19)3-4-12(20)10-2-6-14(16)18-8-10/h1-2,5-7,11-13,17-20H,3-4,8H2. The maximum atomic E-state index is 10.1. The van der Waals surface area contributed by atoms with Crippen molar-refractivity contribution in [3.05, 3.63) is 46.8 Å². The zero-order valence-electron chi connectivity index (χ0n) is 10.9. The fourth-order valence-corrected chi connectivity index (χ4v) is 2.33. The summed E-state index contributed by atoms with van der Waals surface area (Å²) in [6.45, 7) is 0.532. The van der Waals surface area contributed by atoms with Gasteiger partial charge in [0, 0.05) is 12.7 Å². The van der Waals surface area contributed by atoms with Crippen molar-refractivity contribution in [3.63, 3.8) is 0 Å². The first-order valence-electron chi connectivity index (χ1n) is 6.51. The first kappa shape index (κ1) is 15.4. The molecule has 0 aromatic heterocycles. The third-order valence-electron chi connectivity index (χ3n) is 3.30. The Labute approximate surface area is 128 Å². The van der Waals surface area contributed by atoms with Gasteiger partial charge in [-0.05, 0) is 36.1 Å². The zero-order chi connectivity index (χ0) is 14.5. The highest BCUT2D eigenvalue weighted by molar-refractivity contribution is 6.29. The SMILES string of the molecule is OC(CCC(O)C1=CC=C(Cl)NC1)C1=CNC(Cl)C=C1. The van der Waals surface area contributed by atoms with Gasteiger partial charge in [0.1, 0.15) is 10.7 Å². The summed E-state index contributed by atoms with van der Waals surface area (Å²) in [4.78, 5) is 0. The molecule has 0 aliphatic carbocycles. The number of halogens is 2. The molecule has 0 aromatic carbocycles. The fraction of sp³-hybridized carbons (Fsp3) is 0.429. The Kier molecular flexibility index (Phi) is 5.54. The van der Waals surface area contributed by atoms with Crippen molar-refractivity contribution in [2.45, 2.75) is 30.6 Å². The molecule has 110 valence electrons. The van der Waals surface area contributed by atoms with Crippen molar-refractivity contribution in [2.24, 2.45) is 0 Å². The zero-order valence-corrected chi connectivity index (χ0v) is 12.4. The number of aliphatic hydroxyl groups is 2. The highest BCUT2D eigenvalue weighted by Crippen LogP contribution is 2.19. The third-order valence-corrected chi connectivity index (χ3v) is 3.83. The summed E-state index contributed by atoms with van der Waals surface area (Å²) in [5.74, 6) is 0. The Balaban J connectivity index is 1.82. The second-order valence-electron chi connectivity index (χ2n) is 4.79. The van der Waals surface area contributed by atoms with Crippen molar-refractivity contribution < 1.29 is 10.2 Å². The van der Waals surface area contributed by atoms with Gasteiger partial charge in [-0.25, -0.2) is 0 Å². The molecule has 4 nitrogen and oxygen atoms in total. The van der Waals surface area contributed by atoms with E-state index in [1.807, 2.05) is 6.08 Å². The molecule has 0 saturated carbocycles. The highest BCUT2D eigenvalue weighted by atomic mass is 35.5. The molecule has 0 aromatic rings. The van der Waals surface area contributed by atoms with Crippen LogP contribution < -0.4 is 10.6 Å². The molecule has 2 heterocycles. The van der Waals surface area contributed by atoms with Crippen LogP contribution in [0.25, 0.3) is 0 Å². The van der Waals surface area contributed by atoms with Crippen molar-refractivity contribution in [2.75, 3.05) is 6.54 Å². The average Bonchev–Trinajstić information content (AvgIpc) is 2.46. The van der Waals surface area contributed by atoms with Crippen molar-refractivity contribution >= 4 is 23.2 Å². The average molecular weight is 317 g/mol. The summed E-state index contributed by atoms with van der Waals surface area (Å²) in [5, 5.41) is 26.6. The summed E-state index contributed by atoms with van der Waals surface area (Å²) in [6.07, 6.45) is 8.57. The second-order valence-corrected chi connectivity index (χ2v) is 5.67. The summed E-state index contributed by atoms with van der Waals surface area (Å²) in [6, 6.07) is 0. The minimum absolute atomic E-state index is 0.230. The molecule has 3 unspecified atom stereocenters. The van der Waals surface area contributed by atoms with Crippen LogP contribution in [0.4, 0.5) is 0 Å². The maximum Gasteiger partial charge on any atom is 0.120 e. The van der Waals surface area contributed by atoms with Gasteiger partial charge in [-0.3, -0.25) is 0 Å². The molecule has 2 aliphatic rings. The van der Waals surface area contributed by atoms with E-state index in [9.17, 15) is 10.2 Å². The lowest BCUT2D eigenvalue weighted by Crippen LogP contribution is -2.26. The Morgan fingerprint density at radius 2 is 2.00 bits per heavy atom. The molecule has 3 atom stereocenters. The van der Waals surface area contributed by atoms with E-state index in [0.717, 1.165) is 11.1 Å². The molecule has 6 heteroatoms. The number of dihydropyridines is 2. The van der Waals surface area contributed by atoms with Gasteiger partial charge in [0.05, 0.1) is 12.2 Å². The molecule has 0 amide bonds. The van der Waals surface area contributed by atoms with Gasteiger partial charge in [0.25, 0.3) is 0 Å². The molecule has 0 fully saturated rings. The quantitative estimate of drug-likeness (QED) is 0.460. The van der Waals surface area contributed by atoms with Gasteiger partial charge < -0.3 is 20.8 Å². The molecule has 2 aliphatic heterocycles. The van der Waals surface area contributed by atoms with Crippen LogP contribution in [-0.2, 0) is 0 Å². The number of allylic oxidation sites excluding steroid dienone is 2. The Morgan fingerprint density at radius 3 is 2.60 bits per heavy atom. The van der Waals surface area contributed by atoms with Crippen LogP contribution in [0, 0.1) is 0 Å². The minimum atomic E-state index is -0.617. The van der Waals surface area contributed by atoms with E-state index in [2.05, 4.69) is 10.6 Å². The lowest BCUT2D eigenvalue weighted by molar-refractivity contribution is 0.150. The number of aliphatic hydroxyl groups excluding tert-OH is 2. The summed E-state index contributed by atoms with van der Waals surface area (Å²) < 4.78 is 0. The smallest absolute Gasteiger partial charge is 0.120 e. The van der Waals surface area contributed by atoms with Crippen LogP contribution in [0.15, 0.2) is 46.8 Å². The van der Waals surface area contributed by atoms with Gasteiger partial charge >= 0.3 is 0 Å². The van der Waals surface area contributed by atoms with Crippen LogP contribution in [-0.4, -0.2) is 34.5 Å². The van der Waals surface area contributed by atoms with Gasteiger partial charge in [-0.15, -0.1) is 0 Å². The molecule has 0 bridgehead atoms. The van der Waals surface area contributed by atoms with Gasteiger partial charge in [-0.1, -0.05) is 35.4 Å². The van der Waals surface area contributed by atoms with Crippen LogP contribution in [0.2, 0.25) is 0 Å². The molecule has 4 N–H and O–H groups in total. The summed E-state index contributed by atoms with van der Waals surface area (Å²) in [7, 11) is 0. The first-order valence-corrected chi connectivity index (χ1v) is 7.32. The number of hydrogen-bond donors (Lipinski definition) is 4. The number of rotatable bonds is 5. The lowest BCUT2D eigenvalue weighted by Gasteiger charge is -2.21. The lowest BCUT2D eigenvalue weighted by atomic mass is 9.98. The molecule has 2 rings (SSSR count). The van der Waals surface area contributed by atoms with Gasteiger partial charge in [-0.2, -0.15) is 0 Å². The van der Waals surface area contributed by atoms with Crippen molar-refractivity contribution in [1.82, 2.24) is 10.6 Å². The van der Waals surface area contributed by atoms with E-state index in [4.69, 9.17) is 23.2 Å². The predicted octanol–water partition coefficient (Wildman–Crippen LogP) is 1.71. The van der Waals surface area contributed by atoms with E-state index in [1.54, 1.807) is 24.4 Å². The van der Waals surface area contributed by atoms with E-state index in [0.29, 0.717) is 24.5 Å². The Morgan fingerprint density at radius 1 is 1.25 bits per heavy atom. The molecular formula is C14H18Cl2N2O2. The fourth-order valence-electron chi connectivity index (χ4n) is 2.06. The molecule has 0 saturated heterocycles. The molecule has 0 spiro atoms. The van der Waals surface area contributed by atoms with E-state index < -0.39 is 12.2 Å². The monoisotopic (exact) mass is 316 g/mol. The number of nitrogens with one attached hydrogen (secondary N) is 2.